The Kier molecular flexibility index (Phi) is 6.58. The number of benzene rings is 1. The van der Waals surface area contributed by atoms with E-state index in [2.05, 4.69) is 27.3 Å². The van der Waals surface area contributed by atoms with Gasteiger partial charge in [-0.2, -0.15) is 0 Å². The van der Waals surface area contributed by atoms with E-state index in [-0.39, 0.29) is 29.7 Å². The molecule has 1 aliphatic heterocycles. The third-order valence-corrected chi connectivity index (χ3v) is 6.63. The molecule has 1 unspecified atom stereocenters. The number of nitrogens with zero attached hydrogens (tertiary/aromatic N) is 3. The van der Waals surface area contributed by atoms with Crippen molar-refractivity contribution in [1.29, 1.82) is 0 Å². The Bertz CT molecular complexity index is 909. The first-order valence-electron chi connectivity index (χ1n) is 11.0. The van der Waals surface area contributed by atoms with E-state index >= 15 is 0 Å². The van der Waals surface area contributed by atoms with Crippen LogP contribution in [0.25, 0.3) is 0 Å². The summed E-state index contributed by atoms with van der Waals surface area (Å²) in [6, 6.07) is 12.8. The van der Waals surface area contributed by atoms with E-state index in [9.17, 15) is 9.59 Å². The van der Waals surface area contributed by atoms with Gasteiger partial charge in [0, 0.05) is 48.0 Å². The van der Waals surface area contributed by atoms with Gasteiger partial charge >= 0.3 is 0 Å². The summed E-state index contributed by atoms with van der Waals surface area (Å²) < 4.78 is 0.993. The molecule has 1 aromatic carbocycles. The molecule has 0 radical (unpaired) electrons. The van der Waals surface area contributed by atoms with Gasteiger partial charge in [-0.05, 0) is 75.5 Å². The fourth-order valence-corrected chi connectivity index (χ4v) is 4.50. The monoisotopic (exact) mass is 440 g/mol. The Morgan fingerprint density at radius 1 is 1.16 bits per heavy atom. The molecule has 7 heteroatoms. The normalized spacial score (nSPS) is 18.4. The van der Waals surface area contributed by atoms with Gasteiger partial charge in [-0.1, -0.05) is 18.2 Å². The molecular weight excluding hydrogens is 412 g/mol. The Morgan fingerprint density at radius 2 is 1.87 bits per heavy atom. The summed E-state index contributed by atoms with van der Waals surface area (Å²) in [6.45, 7) is 5.34. The predicted octanol–water partition coefficient (Wildman–Crippen LogP) is 3.90. The van der Waals surface area contributed by atoms with Crippen LogP contribution in [0.2, 0.25) is 0 Å². The summed E-state index contributed by atoms with van der Waals surface area (Å²) in [5.41, 5.74) is 2.20. The second kappa shape index (κ2) is 9.37. The molecule has 1 aromatic heterocycles. The van der Waals surface area contributed by atoms with Gasteiger partial charge in [0.05, 0.1) is 0 Å². The number of pyridine rings is 1. The van der Waals surface area contributed by atoms with Crippen LogP contribution >= 0.6 is 11.8 Å². The second-order valence-corrected chi connectivity index (χ2v) is 9.12. The summed E-state index contributed by atoms with van der Waals surface area (Å²) in [6.07, 6.45) is 6.71. The number of hydrogen-bond acceptors (Lipinski definition) is 4. The second-order valence-electron chi connectivity index (χ2n) is 8.78. The third kappa shape index (κ3) is 5.25. The van der Waals surface area contributed by atoms with Crippen molar-refractivity contribution in [3.63, 3.8) is 0 Å². The number of anilines is 1. The topological polar surface area (TPSA) is 65.5 Å². The Morgan fingerprint density at radius 3 is 2.48 bits per heavy atom. The number of halogens is 1. The van der Waals surface area contributed by atoms with Crippen molar-refractivity contribution in [1.82, 2.24) is 15.2 Å². The van der Waals surface area contributed by atoms with Crippen molar-refractivity contribution < 1.29 is 9.59 Å². The number of aromatic nitrogens is 1. The van der Waals surface area contributed by atoms with Crippen LogP contribution in [0.3, 0.4) is 0 Å². The molecule has 2 fully saturated rings. The predicted molar refractivity (Wildman–Crippen MR) is 122 cm³/mol. The molecule has 4 rings (SSSR count). The molecule has 6 nitrogen and oxygen atoms in total. The van der Waals surface area contributed by atoms with Crippen molar-refractivity contribution in [2.24, 2.45) is 0 Å². The van der Waals surface area contributed by atoms with Gasteiger partial charge in [-0.25, -0.2) is 9.40 Å². The number of carbonyl (C=O) groups is 2. The molecule has 2 aliphatic rings. The highest BCUT2D eigenvalue weighted by Gasteiger charge is 2.45. The SMILES string of the molecule is CC(CC(=O)N(Cl)c1ccccn1)NC(=O)c1ccc(C2(CN3CCCC3)CC2)cc1. The zero-order valence-electron chi connectivity index (χ0n) is 17.9. The standard InChI is InChI=1S/C24H29ClN4O2/c1-18(16-22(30)29(25)21-6-2-3-13-26-21)27-23(31)19-7-9-20(10-8-19)24(11-12-24)17-28-14-4-5-15-28/h2-3,6-10,13,18H,4-5,11-12,14-17H2,1H3,(H,27,31). The highest BCUT2D eigenvalue weighted by molar-refractivity contribution is 6.36. The zero-order chi connectivity index (χ0) is 21.8. The van der Waals surface area contributed by atoms with Crippen LogP contribution in [-0.4, -0.2) is 47.4 Å². The fraction of sp³-hybridized carbons (Fsp3) is 0.458. The lowest BCUT2D eigenvalue weighted by atomic mass is 9.94. The van der Waals surface area contributed by atoms with Crippen LogP contribution in [0.1, 0.15) is 54.9 Å². The number of hydrogen-bond donors (Lipinski definition) is 1. The van der Waals surface area contributed by atoms with E-state index in [4.69, 9.17) is 11.8 Å². The summed E-state index contributed by atoms with van der Waals surface area (Å²) in [4.78, 5) is 31.6. The van der Waals surface area contributed by atoms with E-state index in [1.54, 1.807) is 31.3 Å². The molecule has 0 spiro atoms. The van der Waals surface area contributed by atoms with Gasteiger partial charge < -0.3 is 10.2 Å². The van der Waals surface area contributed by atoms with Gasteiger partial charge in [-0.15, -0.1) is 0 Å². The van der Waals surface area contributed by atoms with Crippen LogP contribution in [-0.2, 0) is 10.2 Å². The van der Waals surface area contributed by atoms with Crippen molar-refractivity contribution in [2.75, 3.05) is 24.1 Å². The average Bonchev–Trinajstić information content (AvgIpc) is 3.38. The number of nitrogens with one attached hydrogen (secondary N) is 1. The van der Waals surface area contributed by atoms with Crippen LogP contribution in [0.15, 0.2) is 48.7 Å². The minimum absolute atomic E-state index is 0.0862. The summed E-state index contributed by atoms with van der Waals surface area (Å²) in [5, 5.41) is 2.89. The fourth-order valence-electron chi connectivity index (χ4n) is 4.33. The van der Waals surface area contributed by atoms with Crippen LogP contribution in [0.5, 0.6) is 0 Å². The highest BCUT2D eigenvalue weighted by Crippen LogP contribution is 2.49. The Balaban J connectivity index is 1.30. The molecular formula is C24H29ClN4O2. The minimum atomic E-state index is -0.352. The number of rotatable bonds is 8. The lowest BCUT2D eigenvalue weighted by Crippen LogP contribution is -2.37. The molecule has 1 atom stereocenters. The van der Waals surface area contributed by atoms with E-state index in [0.29, 0.717) is 11.4 Å². The van der Waals surface area contributed by atoms with E-state index < -0.39 is 0 Å². The van der Waals surface area contributed by atoms with E-state index in [1.165, 1.54) is 44.3 Å². The molecule has 2 heterocycles. The average molecular weight is 441 g/mol. The van der Waals surface area contributed by atoms with Gasteiger partial charge in [0.25, 0.3) is 5.91 Å². The quantitative estimate of drug-likeness (QED) is 0.632. The largest absolute Gasteiger partial charge is 0.349 e. The first-order valence-corrected chi connectivity index (χ1v) is 11.3. The molecule has 0 bridgehead atoms. The van der Waals surface area contributed by atoms with Crippen LogP contribution in [0.4, 0.5) is 5.82 Å². The summed E-state index contributed by atoms with van der Waals surface area (Å²) >= 11 is 6.09. The highest BCUT2D eigenvalue weighted by atomic mass is 35.5. The van der Waals surface area contributed by atoms with E-state index in [1.807, 2.05) is 12.1 Å². The molecule has 2 aromatic rings. The maximum Gasteiger partial charge on any atom is 0.251 e. The van der Waals surface area contributed by atoms with Gasteiger partial charge in [0.1, 0.15) is 0 Å². The number of amides is 2. The van der Waals surface area contributed by atoms with Crippen LogP contribution < -0.4 is 9.74 Å². The third-order valence-electron chi connectivity index (χ3n) is 6.27. The lowest BCUT2D eigenvalue weighted by molar-refractivity contribution is -0.117. The molecule has 1 saturated heterocycles. The molecule has 164 valence electrons. The molecule has 1 N–H and O–H groups in total. The maximum absolute atomic E-state index is 12.6. The Hall–Kier alpha value is -2.44. The Labute approximate surface area is 188 Å². The van der Waals surface area contributed by atoms with Gasteiger partial charge in [0.15, 0.2) is 5.82 Å². The van der Waals surface area contributed by atoms with E-state index in [0.717, 1.165) is 11.0 Å². The summed E-state index contributed by atoms with van der Waals surface area (Å²) in [7, 11) is 0. The molecule has 31 heavy (non-hydrogen) atoms. The molecule has 1 aliphatic carbocycles. The lowest BCUT2D eigenvalue weighted by Gasteiger charge is -2.23. The molecule has 1 saturated carbocycles. The smallest absolute Gasteiger partial charge is 0.251 e. The zero-order valence-corrected chi connectivity index (χ0v) is 18.6. The van der Waals surface area contributed by atoms with Crippen molar-refractivity contribution in [3.8, 4) is 0 Å². The van der Waals surface area contributed by atoms with Crippen molar-refractivity contribution in [2.45, 2.75) is 50.5 Å². The minimum Gasteiger partial charge on any atom is -0.349 e. The van der Waals surface area contributed by atoms with Crippen molar-refractivity contribution >= 4 is 29.4 Å². The first kappa shape index (κ1) is 21.8. The van der Waals surface area contributed by atoms with Crippen molar-refractivity contribution in [3.05, 3.63) is 59.8 Å². The van der Waals surface area contributed by atoms with Gasteiger partial charge in [0.2, 0.25) is 5.91 Å². The summed E-state index contributed by atoms with van der Waals surface area (Å²) in [5.74, 6) is -0.137. The van der Waals surface area contributed by atoms with Gasteiger partial charge in [-0.3, -0.25) is 9.59 Å². The maximum atomic E-state index is 12.6. The molecule has 2 amide bonds. The number of likely N-dealkylation sites (tertiary alicyclic amines) is 1. The van der Waals surface area contributed by atoms with Crippen LogP contribution in [0, 0.1) is 0 Å². The first-order chi connectivity index (χ1) is 15.0. The number of carbonyl (C=O) groups excluding carboxylic acids is 2.